The molecule has 210 valence electrons. The van der Waals surface area contributed by atoms with E-state index in [1.54, 1.807) is 18.2 Å². The first-order chi connectivity index (χ1) is 18.6. The van der Waals surface area contributed by atoms with Gasteiger partial charge in [0.2, 0.25) is 0 Å². The summed E-state index contributed by atoms with van der Waals surface area (Å²) in [6.07, 6.45) is 7.87. The molecule has 1 aliphatic heterocycles. The van der Waals surface area contributed by atoms with E-state index in [0.29, 0.717) is 16.9 Å². The minimum Gasteiger partial charge on any atom is -0.466 e. The lowest BCUT2D eigenvalue weighted by atomic mass is 9.51. The van der Waals surface area contributed by atoms with Gasteiger partial charge in [0, 0.05) is 23.1 Å². The lowest BCUT2D eigenvalue weighted by molar-refractivity contribution is -0.166. The first-order valence-electron chi connectivity index (χ1n) is 13.2. The van der Waals surface area contributed by atoms with Crippen LogP contribution in [0, 0.1) is 16.6 Å². The van der Waals surface area contributed by atoms with Crippen molar-refractivity contribution in [3.05, 3.63) is 59.3 Å². The lowest BCUT2D eigenvalue weighted by Gasteiger charge is -2.54. The van der Waals surface area contributed by atoms with Crippen molar-refractivity contribution in [3.8, 4) is 0 Å². The van der Waals surface area contributed by atoms with Crippen molar-refractivity contribution in [1.29, 1.82) is 0 Å². The molecule has 0 aromatic heterocycles. The van der Waals surface area contributed by atoms with E-state index in [2.05, 4.69) is 38.2 Å². The number of fused-ring (bicyclic) bond motifs is 3. The van der Waals surface area contributed by atoms with Crippen LogP contribution in [0.25, 0.3) is 0 Å². The van der Waals surface area contributed by atoms with Crippen molar-refractivity contribution >= 4 is 46.1 Å². The number of nitrogens with two attached hydrogens (primary N) is 1. The number of hydrogen-bond donors (Lipinski definition) is 3. The van der Waals surface area contributed by atoms with Crippen molar-refractivity contribution in [2.45, 2.75) is 65.0 Å². The van der Waals surface area contributed by atoms with Crippen LogP contribution in [-0.2, 0) is 25.7 Å². The van der Waals surface area contributed by atoms with Crippen LogP contribution in [0.1, 0.15) is 57.9 Å². The van der Waals surface area contributed by atoms with Crippen molar-refractivity contribution in [2.75, 3.05) is 11.0 Å². The Balaban J connectivity index is 1.45. The standard InChI is InChI=1S/C28H35FIN5O4/c1-3-39-26(38)28-12-9-27(10-13-28,11-14-28)18(2)33-25(37)22-16-21(34-23(8-15-30)35(22)31)24(36)32-17-19-4-6-20(29)7-5-19/h4-8,16,18H,3,9-15,17,31H2,1-2H3,(H,32,36)(H,33,37)/b23-8-. The number of benzene rings is 1. The van der Waals surface area contributed by atoms with Gasteiger partial charge in [-0.3, -0.25) is 19.4 Å². The molecule has 4 N–H and O–H groups in total. The number of hydrogen-bond acceptors (Lipinski definition) is 7. The van der Waals surface area contributed by atoms with Gasteiger partial charge >= 0.3 is 5.97 Å². The Morgan fingerprint density at radius 2 is 1.79 bits per heavy atom. The number of carbonyl (C=O) groups is 3. The summed E-state index contributed by atoms with van der Waals surface area (Å²) in [4.78, 5) is 43.4. The van der Waals surface area contributed by atoms with Gasteiger partial charge in [-0.05, 0) is 81.6 Å². The number of nitrogens with one attached hydrogen (secondary N) is 2. The van der Waals surface area contributed by atoms with E-state index in [9.17, 15) is 18.8 Å². The Labute approximate surface area is 241 Å². The molecule has 3 fully saturated rings. The van der Waals surface area contributed by atoms with Gasteiger partial charge in [-0.15, -0.1) is 0 Å². The topological polar surface area (TPSA) is 126 Å². The van der Waals surface area contributed by atoms with Gasteiger partial charge < -0.3 is 15.4 Å². The molecule has 1 unspecified atom stereocenters. The van der Waals surface area contributed by atoms with E-state index in [0.717, 1.165) is 44.1 Å². The average molecular weight is 652 g/mol. The minimum absolute atomic E-state index is 0.0560. The maximum atomic E-state index is 13.5. The van der Waals surface area contributed by atoms with E-state index >= 15 is 0 Å². The van der Waals surface area contributed by atoms with E-state index in [1.165, 1.54) is 23.2 Å². The maximum Gasteiger partial charge on any atom is 0.312 e. The average Bonchev–Trinajstić information content (AvgIpc) is 2.94. The molecule has 1 aromatic rings. The van der Waals surface area contributed by atoms with Crippen LogP contribution in [0.2, 0.25) is 0 Å². The molecular formula is C28H35FIN5O4. The van der Waals surface area contributed by atoms with Crippen LogP contribution in [0.3, 0.4) is 0 Å². The number of nitrogens with zero attached hydrogens (tertiary/aromatic N) is 2. The summed E-state index contributed by atoms with van der Waals surface area (Å²) in [5.74, 6) is 5.24. The largest absolute Gasteiger partial charge is 0.466 e. The second-order valence-corrected chi connectivity index (χ2v) is 11.4. The van der Waals surface area contributed by atoms with Gasteiger partial charge in [0.25, 0.3) is 11.8 Å². The smallest absolute Gasteiger partial charge is 0.312 e. The SMILES string of the molecule is CCOC(=O)C12CCC(C(C)NC(=O)C3=CC(C(=O)NCc4ccc(F)cc4)=N/C(=C/CI)N3N)(CC1)CC2. The summed E-state index contributed by atoms with van der Waals surface area (Å²) in [6, 6.07) is 5.66. The zero-order valence-corrected chi connectivity index (χ0v) is 24.4. The van der Waals surface area contributed by atoms with Gasteiger partial charge in [0.1, 0.15) is 23.0 Å². The number of allylic oxidation sites excluding steroid dienone is 1. The molecule has 5 rings (SSSR count). The second-order valence-electron chi connectivity index (χ2n) is 10.5. The monoisotopic (exact) mass is 651 g/mol. The molecule has 1 aromatic carbocycles. The highest BCUT2D eigenvalue weighted by Crippen LogP contribution is 2.58. The van der Waals surface area contributed by atoms with Crippen molar-refractivity contribution < 1.29 is 23.5 Å². The molecule has 39 heavy (non-hydrogen) atoms. The number of halogens is 2. The number of aliphatic imine (C=N–C) groups is 1. The fraction of sp³-hybridized carbons (Fsp3) is 0.500. The van der Waals surface area contributed by atoms with Gasteiger partial charge in [0.05, 0.1) is 12.0 Å². The molecule has 4 aliphatic rings. The van der Waals surface area contributed by atoms with Crippen LogP contribution < -0.4 is 16.5 Å². The highest BCUT2D eigenvalue weighted by atomic mass is 127. The molecule has 2 bridgehead atoms. The predicted octanol–water partition coefficient (Wildman–Crippen LogP) is 3.64. The molecule has 0 saturated heterocycles. The molecule has 1 heterocycles. The van der Waals surface area contributed by atoms with Crippen molar-refractivity contribution in [1.82, 2.24) is 15.6 Å². The number of amides is 2. The quantitative estimate of drug-likeness (QED) is 0.162. The van der Waals surface area contributed by atoms with E-state index in [-0.39, 0.29) is 41.2 Å². The fourth-order valence-electron chi connectivity index (χ4n) is 5.79. The second kappa shape index (κ2) is 12.2. The maximum absolute atomic E-state index is 13.5. The first kappa shape index (κ1) is 29.2. The van der Waals surface area contributed by atoms with Crippen molar-refractivity contribution in [3.63, 3.8) is 0 Å². The van der Waals surface area contributed by atoms with E-state index in [4.69, 9.17) is 10.6 Å². The lowest BCUT2D eigenvalue weighted by Crippen LogP contribution is -2.56. The Morgan fingerprint density at radius 1 is 1.15 bits per heavy atom. The summed E-state index contributed by atoms with van der Waals surface area (Å²) in [5.41, 5.74) is 0.395. The van der Waals surface area contributed by atoms with Crippen LogP contribution in [0.15, 0.2) is 52.9 Å². The Morgan fingerprint density at radius 3 is 2.38 bits per heavy atom. The Bertz CT molecular complexity index is 1190. The number of rotatable bonds is 9. The third kappa shape index (κ3) is 6.19. The number of hydrazine groups is 1. The number of esters is 1. The van der Waals surface area contributed by atoms with Gasteiger partial charge in [-0.25, -0.2) is 15.2 Å². The molecule has 3 aliphatic carbocycles. The third-order valence-electron chi connectivity index (χ3n) is 8.39. The summed E-state index contributed by atoms with van der Waals surface area (Å²) in [7, 11) is 0. The zero-order valence-electron chi connectivity index (χ0n) is 22.3. The molecule has 11 heteroatoms. The Kier molecular flexibility index (Phi) is 9.10. The molecule has 0 radical (unpaired) electrons. The highest BCUT2D eigenvalue weighted by molar-refractivity contribution is 14.1. The zero-order chi connectivity index (χ0) is 28.2. The van der Waals surface area contributed by atoms with E-state index < -0.39 is 17.2 Å². The van der Waals surface area contributed by atoms with Crippen molar-refractivity contribution in [2.24, 2.45) is 21.7 Å². The Hall–Kier alpha value is -2.80. The molecule has 9 nitrogen and oxygen atoms in total. The number of alkyl halides is 1. The normalized spacial score (nSPS) is 26.0. The first-order valence-corrected chi connectivity index (χ1v) is 14.8. The third-order valence-corrected chi connectivity index (χ3v) is 8.83. The van der Waals surface area contributed by atoms with Crippen LogP contribution in [0.4, 0.5) is 4.39 Å². The summed E-state index contributed by atoms with van der Waals surface area (Å²) in [5, 5.41) is 7.08. The summed E-state index contributed by atoms with van der Waals surface area (Å²) in [6.45, 7) is 4.38. The highest BCUT2D eigenvalue weighted by Gasteiger charge is 2.55. The fourth-order valence-corrected chi connectivity index (χ4v) is 6.18. The van der Waals surface area contributed by atoms with Crippen LogP contribution >= 0.6 is 22.6 Å². The van der Waals surface area contributed by atoms with Crippen LogP contribution in [0.5, 0.6) is 0 Å². The molecule has 0 spiro atoms. The molecular weight excluding hydrogens is 616 g/mol. The molecule has 2 amide bonds. The minimum atomic E-state index is -0.474. The van der Waals surface area contributed by atoms with E-state index in [1.807, 2.05) is 13.8 Å². The molecule has 3 saturated carbocycles. The number of carbonyl (C=O) groups excluding carboxylic acids is 3. The predicted molar refractivity (Wildman–Crippen MR) is 154 cm³/mol. The van der Waals surface area contributed by atoms with Gasteiger partial charge in [-0.2, -0.15) is 0 Å². The summed E-state index contributed by atoms with van der Waals surface area (Å²) < 4.78 is 19.1. The molecule has 1 atom stereocenters. The number of ether oxygens (including phenoxy) is 1. The summed E-state index contributed by atoms with van der Waals surface area (Å²) >= 11 is 2.13. The van der Waals surface area contributed by atoms with Gasteiger partial charge in [0.15, 0.2) is 0 Å². The van der Waals surface area contributed by atoms with Crippen LogP contribution in [-0.4, -0.2) is 45.6 Å². The van der Waals surface area contributed by atoms with Gasteiger partial charge in [-0.1, -0.05) is 34.7 Å².